The lowest BCUT2D eigenvalue weighted by molar-refractivity contribution is -0.122. The maximum Gasteiger partial charge on any atom is 0.223 e. The van der Waals surface area contributed by atoms with E-state index in [9.17, 15) is 4.79 Å². The molecule has 0 spiro atoms. The number of nitrogens with one attached hydrogen (secondary N) is 3. The van der Waals surface area contributed by atoms with Crippen molar-refractivity contribution in [1.29, 1.82) is 0 Å². The fourth-order valence-corrected chi connectivity index (χ4v) is 1.56. The quantitative estimate of drug-likeness (QED) is 0.644. The minimum atomic E-state index is 0.189. The number of carbonyl (C=O) groups excluding carboxylic acids is 1. The monoisotopic (exact) mass is 234 g/mol. The molecule has 5 heteroatoms. The van der Waals surface area contributed by atoms with E-state index in [2.05, 4.69) is 20.9 Å². The van der Waals surface area contributed by atoms with Gasteiger partial charge in [-0.3, -0.25) is 9.78 Å². The topological polar surface area (TPSA) is 66.1 Å². The first kappa shape index (κ1) is 11.7. The van der Waals surface area contributed by atoms with Gasteiger partial charge in [-0.2, -0.15) is 0 Å². The number of carbonyl (C=O) groups is 1. The highest BCUT2D eigenvalue weighted by Crippen LogP contribution is 2.28. The Morgan fingerprint density at radius 2 is 2.12 bits per heavy atom. The number of hydrogen-bond donors (Lipinski definition) is 3. The van der Waals surface area contributed by atoms with Crippen LogP contribution in [-0.2, 0) is 4.79 Å². The number of hydrogen-bond acceptors (Lipinski definition) is 4. The Hall–Kier alpha value is -1.78. The maximum absolute atomic E-state index is 11.4. The zero-order chi connectivity index (χ0) is 12.1. The largest absolute Gasteiger partial charge is 0.387 e. The summed E-state index contributed by atoms with van der Waals surface area (Å²) in [7, 11) is 1.86. The highest BCUT2D eigenvalue weighted by molar-refractivity contribution is 5.80. The highest BCUT2D eigenvalue weighted by Gasteiger charge is 2.28. The molecule has 0 unspecified atom stereocenters. The number of pyridine rings is 1. The normalized spacial score (nSPS) is 14.2. The molecule has 0 radical (unpaired) electrons. The SMILES string of the molecule is CNc1cncc(NCCNC(=O)C2CC2)c1. The van der Waals surface area contributed by atoms with Gasteiger partial charge in [-0.25, -0.2) is 0 Å². The van der Waals surface area contributed by atoms with E-state index >= 15 is 0 Å². The molecular formula is C12H18N4O. The second-order valence-corrected chi connectivity index (χ2v) is 4.20. The van der Waals surface area contributed by atoms with Crippen LogP contribution >= 0.6 is 0 Å². The zero-order valence-electron chi connectivity index (χ0n) is 9.99. The van der Waals surface area contributed by atoms with Gasteiger partial charge < -0.3 is 16.0 Å². The van der Waals surface area contributed by atoms with Gasteiger partial charge in [-0.15, -0.1) is 0 Å². The summed E-state index contributed by atoms with van der Waals surface area (Å²) in [6.07, 6.45) is 5.63. The Bertz CT molecular complexity index is 390. The average Bonchev–Trinajstić information content (AvgIpc) is 3.19. The van der Waals surface area contributed by atoms with Crippen molar-refractivity contribution < 1.29 is 4.79 Å². The number of anilines is 2. The van der Waals surface area contributed by atoms with Gasteiger partial charge in [0.05, 0.1) is 23.8 Å². The van der Waals surface area contributed by atoms with Gasteiger partial charge in [-0.05, 0) is 18.9 Å². The Labute approximate surface area is 101 Å². The maximum atomic E-state index is 11.4. The molecule has 1 amide bonds. The number of rotatable bonds is 6. The summed E-state index contributed by atoms with van der Waals surface area (Å²) in [5, 5.41) is 9.15. The van der Waals surface area contributed by atoms with E-state index in [4.69, 9.17) is 0 Å². The van der Waals surface area contributed by atoms with E-state index in [-0.39, 0.29) is 11.8 Å². The molecule has 1 saturated carbocycles. The number of amides is 1. The van der Waals surface area contributed by atoms with Gasteiger partial charge in [0.25, 0.3) is 0 Å². The van der Waals surface area contributed by atoms with Crippen molar-refractivity contribution >= 4 is 17.3 Å². The Morgan fingerprint density at radius 1 is 1.35 bits per heavy atom. The minimum Gasteiger partial charge on any atom is -0.387 e. The fraction of sp³-hybridized carbons (Fsp3) is 0.500. The van der Waals surface area contributed by atoms with Crippen LogP contribution in [0.2, 0.25) is 0 Å². The third-order valence-corrected chi connectivity index (χ3v) is 2.73. The van der Waals surface area contributed by atoms with E-state index < -0.39 is 0 Å². The van der Waals surface area contributed by atoms with Gasteiger partial charge in [0, 0.05) is 26.1 Å². The Kier molecular flexibility index (Phi) is 3.80. The Balaban J connectivity index is 1.68. The minimum absolute atomic E-state index is 0.189. The van der Waals surface area contributed by atoms with E-state index in [1.54, 1.807) is 12.4 Å². The van der Waals surface area contributed by atoms with Gasteiger partial charge in [-0.1, -0.05) is 0 Å². The first-order chi connectivity index (χ1) is 8.29. The molecule has 0 atom stereocenters. The van der Waals surface area contributed by atoms with Gasteiger partial charge in [0.2, 0.25) is 5.91 Å². The molecular weight excluding hydrogens is 216 g/mol. The van der Waals surface area contributed by atoms with E-state index in [1.807, 2.05) is 13.1 Å². The third kappa shape index (κ3) is 3.62. The smallest absolute Gasteiger partial charge is 0.223 e. The van der Waals surface area contributed by atoms with Crippen LogP contribution in [0.1, 0.15) is 12.8 Å². The average molecular weight is 234 g/mol. The molecule has 1 heterocycles. The predicted molar refractivity (Wildman–Crippen MR) is 68.0 cm³/mol. The van der Waals surface area contributed by atoms with Crippen molar-refractivity contribution in [3.63, 3.8) is 0 Å². The Morgan fingerprint density at radius 3 is 2.82 bits per heavy atom. The van der Waals surface area contributed by atoms with Crippen LogP contribution in [0.4, 0.5) is 11.4 Å². The lowest BCUT2D eigenvalue weighted by Gasteiger charge is -2.08. The van der Waals surface area contributed by atoms with E-state index in [1.165, 1.54) is 0 Å². The molecule has 0 aliphatic heterocycles. The lowest BCUT2D eigenvalue weighted by atomic mass is 10.3. The van der Waals surface area contributed by atoms with Crippen molar-refractivity contribution in [3.05, 3.63) is 18.5 Å². The second-order valence-electron chi connectivity index (χ2n) is 4.20. The summed E-state index contributed by atoms with van der Waals surface area (Å²) in [5.74, 6) is 0.471. The zero-order valence-corrected chi connectivity index (χ0v) is 9.99. The molecule has 1 aliphatic rings. The summed E-state index contributed by atoms with van der Waals surface area (Å²) in [5.41, 5.74) is 1.93. The van der Waals surface area contributed by atoms with Crippen LogP contribution in [0.5, 0.6) is 0 Å². The molecule has 1 aliphatic carbocycles. The van der Waals surface area contributed by atoms with Crippen molar-refractivity contribution in [3.8, 4) is 0 Å². The predicted octanol–water partition coefficient (Wildman–Crippen LogP) is 1.06. The molecule has 92 valence electrons. The third-order valence-electron chi connectivity index (χ3n) is 2.73. The van der Waals surface area contributed by atoms with E-state index in [0.29, 0.717) is 13.1 Å². The first-order valence-electron chi connectivity index (χ1n) is 5.94. The van der Waals surface area contributed by atoms with Crippen LogP contribution < -0.4 is 16.0 Å². The standard InChI is InChI=1S/C12H18N4O/c1-13-10-6-11(8-14-7-10)15-4-5-16-12(17)9-2-3-9/h6-9,13,15H,2-5H2,1H3,(H,16,17). The molecule has 3 N–H and O–H groups in total. The van der Waals surface area contributed by atoms with Gasteiger partial charge >= 0.3 is 0 Å². The lowest BCUT2D eigenvalue weighted by Crippen LogP contribution is -2.29. The van der Waals surface area contributed by atoms with Gasteiger partial charge in [0.1, 0.15) is 0 Å². The summed E-state index contributed by atoms with van der Waals surface area (Å²) >= 11 is 0. The molecule has 1 fully saturated rings. The first-order valence-corrected chi connectivity index (χ1v) is 5.94. The van der Waals surface area contributed by atoms with Crippen LogP contribution in [-0.4, -0.2) is 31.0 Å². The molecule has 2 rings (SSSR count). The van der Waals surface area contributed by atoms with Gasteiger partial charge in [0.15, 0.2) is 0 Å². The van der Waals surface area contributed by atoms with Crippen LogP contribution in [0.25, 0.3) is 0 Å². The molecule has 0 bridgehead atoms. The molecule has 0 saturated heterocycles. The second kappa shape index (κ2) is 5.52. The molecule has 1 aromatic rings. The molecule has 17 heavy (non-hydrogen) atoms. The van der Waals surface area contributed by atoms with Crippen LogP contribution in [0.3, 0.4) is 0 Å². The molecule has 5 nitrogen and oxygen atoms in total. The van der Waals surface area contributed by atoms with Crippen molar-refractivity contribution in [2.45, 2.75) is 12.8 Å². The van der Waals surface area contributed by atoms with Crippen LogP contribution in [0, 0.1) is 5.92 Å². The van der Waals surface area contributed by atoms with Crippen molar-refractivity contribution in [1.82, 2.24) is 10.3 Å². The van der Waals surface area contributed by atoms with E-state index in [0.717, 1.165) is 24.2 Å². The summed E-state index contributed by atoms with van der Waals surface area (Å²) in [4.78, 5) is 15.5. The van der Waals surface area contributed by atoms with Crippen LogP contribution in [0.15, 0.2) is 18.5 Å². The fourth-order valence-electron chi connectivity index (χ4n) is 1.56. The molecule has 0 aromatic carbocycles. The number of nitrogens with zero attached hydrogens (tertiary/aromatic N) is 1. The summed E-state index contributed by atoms with van der Waals surface area (Å²) in [6, 6.07) is 1.98. The summed E-state index contributed by atoms with van der Waals surface area (Å²) in [6.45, 7) is 1.37. The summed E-state index contributed by atoms with van der Waals surface area (Å²) < 4.78 is 0. The molecule has 1 aromatic heterocycles. The number of aromatic nitrogens is 1. The van der Waals surface area contributed by atoms with Crippen molar-refractivity contribution in [2.24, 2.45) is 5.92 Å². The van der Waals surface area contributed by atoms with Crippen molar-refractivity contribution in [2.75, 3.05) is 30.8 Å². The highest BCUT2D eigenvalue weighted by atomic mass is 16.2.